The van der Waals surface area contributed by atoms with Crippen molar-refractivity contribution in [2.75, 3.05) is 21.3 Å². The third kappa shape index (κ3) is 2.52. The van der Waals surface area contributed by atoms with E-state index in [-0.39, 0.29) is 0 Å². The molecule has 0 spiro atoms. The maximum absolute atomic E-state index is 5.15. The van der Waals surface area contributed by atoms with Crippen LogP contribution in [0.4, 0.5) is 0 Å². The Morgan fingerprint density at radius 1 is 1.20 bits per heavy atom. The van der Waals surface area contributed by atoms with Crippen molar-refractivity contribution in [1.29, 1.82) is 0 Å². The molecule has 0 aromatic rings. The van der Waals surface area contributed by atoms with Gasteiger partial charge in [0.05, 0.1) is 0 Å². The van der Waals surface area contributed by atoms with Gasteiger partial charge in [0.2, 0.25) is 0 Å². The fraction of sp³-hybridized carbons (Fsp3) is 0.667. The van der Waals surface area contributed by atoms with Crippen LogP contribution in [-0.4, -0.2) is 21.3 Å². The monoisotopic (exact) mass is 182 g/mol. The third-order valence-corrected chi connectivity index (χ3v) is 5.47. The quantitative estimate of drug-likeness (QED) is 0.475. The van der Waals surface area contributed by atoms with E-state index in [1.165, 1.54) is 0 Å². The molecule has 0 unspecified atom stereocenters. The fourth-order valence-corrected chi connectivity index (χ4v) is 2.79. The van der Waals surface area contributed by atoms with E-state index in [0.717, 1.165) is 0 Å². The summed E-state index contributed by atoms with van der Waals surface area (Å²) in [6.45, 7) is 3.60. The molecule has 0 aliphatic heterocycles. The van der Waals surface area contributed by atoms with Crippen LogP contribution in [0, 0.1) is 0 Å². The minimum atomic E-state index is -2.82. The van der Waals surface area contributed by atoms with Crippen LogP contribution in [0.15, 0.2) is 12.7 Å². The van der Waals surface area contributed by atoms with Crippen LogP contribution in [0.3, 0.4) is 0 Å². The van der Waals surface area contributed by atoms with Crippen LogP contribution in [0.1, 0.15) is 0 Å². The molecule has 0 saturated heterocycles. The summed E-state index contributed by atoms with van der Waals surface area (Å²) in [5.74, 6) is 0. The first-order valence-corrected chi connectivity index (χ1v) is 6.02. The molecule has 0 heterocycles. The van der Waals surface area contributed by atoms with Gasteiger partial charge in [-0.3, -0.25) is 0 Å². The Morgan fingerprint density at radius 2 is 1.60 bits per heavy atom. The topological polar surface area (TPSA) is 27.7 Å². The molecule has 3 nitrogen and oxygen atoms in total. The summed E-state index contributed by atoms with van der Waals surface area (Å²) in [6, 6.07) is 0. The minimum absolute atomic E-state index is 0.698. The molecule has 0 fully saturated rings. The number of hydrogen-bond donors (Lipinski definition) is 0. The Labute approximate surface area is 66.8 Å². The predicted molar refractivity (Wildman–Crippen MR) is 36.0 cm³/mol. The molecule has 0 rings (SSSR count). The van der Waals surface area contributed by atoms with Crippen molar-refractivity contribution in [3.63, 3.8) is 0 Å². The summed E-state index contributed by atoms with van der Waals surface area (Å²) >= 11 is -2.82. The number of allylic oxidation sites excluding steroid dienone is 1. The van der Waals surface area contributed by atoms with Crippen molar-refractivity contribution in [3.8, 4) is 0 Å². The van der Waals surface area contributed by atoms with Crippen molar-refractivity contribution in [3.05, 3.63) is 12.7 Å². The molecule has 0 aromatic heterocycles. The molecule has 60 valence electrons. The van der Waals surface area contributed by atoms with Crippen LogP contribution in [-0.2, 0) is 27.7 Å². The van der Waals surface area contributed by atoms with Gasteiger partial charge in [0.15, 0.2) is 0 Å². The molecule has 0 aliphatic rings. The Morgan fingerprint density at radius 3 is 1.70 bits per heavy atom. The molecule has 4 heteroatoms. The second kappa shape index (κ2) is 5.05. The molecule has 0 amide bonds. The molecular weight excluding hydrogens is 168 g/mol. The third-order valence-electron chi connectivity index (χ3n) is 1.33. The van der Waals surface area contributed by atoms with E-state index in [1.54, 1.807) is 27.4 Å². The number of hydrogen-bond acceptors (Lipinski definition) is 3. The molecular formula is C6H14O3Ti. The van der Waals surface area contributed by atoms with Gasteiger partial charge in [-0.1, -0.05) is 0 Å². The summed E-state index contributed by atoms with van der Waals surface area (Å²) in [5, 5.41) is 0. The van der Waals surface area contributed by atoms with E-state index >= 15 is 0 Å². The average Bonchev–Trinajstić information content (AvgIpc) is 2.01. The van der Waals surface area contributed by atoms with Gasteiger partial charge in [0.25, 0.3) is 0 Å². The average molecular weight is 182 g/mol. The summed E-state index contributed by atoms with van der Waals surface area (Å²) < 4.78 is 16.1. The van der Waals surface area contributed by atoms with E-state index in [4.69, 9.17) is 9.96 Å². The zero-order valence-electron chi connectivity index (χ0n) is 6.72. The summed E-state index contributed by atoms with van der Waals surface area (Å²) in [4.78, 5) is 0. The van der Waals surface area contributed by atoms with Gasteiger partial charge in [-0.05, 0) is 0 Å². The van der Waals surface area contributed by atoms with Crippen molar-refractivity contribution >= 4 is 0 Å². The molecule has 0 saturated carbocycles. The SMILES string of the molecule is C=C[CH2][Ti]([O]C)([O]C)[O]C. The van der Waals surface area contributed by atoms with Crippen LogP contribution in [0.25, 0.3) is 0 Å². The standard InChI is InChI=1S/C3H5.3CH3O.Ti/c1-3-2;3*1-2;/h3H,1-2H2;3*1H3;/q;3*-1;+3. The maximum atomic E-state index is 5.15. The van der Waals surface area contributed by atoms with Crippen molar-refractivity contribution in [2.45, 2.75) is 4.73 Å². The van der Waals surface area contributed by atoms with E-state index < -0.39 is 17.8 Å². The van der Waals surface area contributed by atoms with Gasteiger partial charge in [0.1, 0.15) is 0 Å². The Bertz CT molecular complexity index is 92.9. The Kier molecular flexibility index (Phi) is 5.22. The normalized spacial score (nSPS) is 11.5. The summed E-state index contributed by atoms with van der Waals surface area (Å²) in [6.07, 6.45) is 1.76. The van der Waals surface area contributed by atoms with Gasteiger partial charge in [0, 0.05) is 0 Å². The van der Waals surface area contributed by atoms with Crippen molar-refractivity contribution < 1.29 is 27.7 Å². The van der Waals surface area contributed by atoms with Gasteiger partial charge in [-0.25, -0.2) is 0 Å². The fourth-order valence-electron chi connectivity index (χ4n) is 0.677. The first kappa shape index (κ1) is 10.3. The second-order valence-corrected chi connectivity index (χ2v) is 6.47. The molecule has 0 aromatic carbocycles. The first-order valence-electron chi connectivity index (χ1n) is 3.01. The van der Waals surface area contributed by atoms with Crippen LogP contribution in [0.2, 0.25) is 4.73 Å². The van der Waals surface area contributed by atoms with E-state index in [0.29, 0.717) is 4.73 Å². The van der Waals surface area contributed by atoms with E-state index in [2.05, 4.69) is 6.58 Å². The summed E-state index contributed by atoms with van der Waals surface area (Å²) in [5.41, 5.74) is 0. The van der Waals surface area contributed by atoms with Crippen LogP contribution >= 0.6 is 0 Å². The van der Waals surface area contributed by atoms with E-state index in [9.17, 15) is 0 Å². The van der Waals surface area contributed by atoms with Gasteiger partial charge in [-0.2, -0.15) is 0 Å². The molecule has 0 radical (unpaired) electrons. The zero-order chi connectivity index (χ0) is 8.04. The van der Waals surface area contributed by atoms with Crippen molar-refractivity contribution in [1.82, 2.24) is 0 Å². The second-order valence-electron chi connectivity index (χ2n) is 1.79. The molecule has 0 bridgehead atoms. The predicted octanol–water partition coefficient (Wildman–Crippen LogP) is 1.43. The number of rotatable bonds is 5. The van der Waals surface area contributed by atoms with Crippen molar-refractivity contribution in [2.24, 2.45) is 0 Å². The van der Waals surface area contributed by atoms with Gasteiger partial charge < -0.3 is 0 Å². The summed E-state index contributed by atoms with van der Waals surface area (Å²) in [7, 11) is 4.82. The molecule has 10 heavy (non-hydrogen) atoms. The van der Waals surface area contributed by atoms with Gasteiger partial charge in [-0.15, -0.1) is 0 Å². The van der Waals surface area contributed by atoms with Crippen LogP contribution < -0.4 is 0 Å². The first-order chi connectivity index (χ1) is 4.74. The van der Waals surface area contributed by atoms with E-state index in [1.807, 2.05) is 0 Å². The Hall–Kier alpha value is 0.334. The molecule has 0 N–H and O–H groups in total. The van der Waals surface area contributed by atoms with Gasteiger partial charge >= 0.3 is 66.4 Å². The molecule has 0 atom stereocenters. The zero-order valence-corrected chi connectivity index (χ0v) is 8.28. The molecule has 0 aliphatic carbocycles. The Balaban J connectivity index is 4.00. The van der Waals surface area contributed by atoms with Crippen LogP contribution in [0.5, 0.6) is 0 Å².